The van der Waals surface area contributed by atoms with E-state index in [0.29, 0.717) is 63.7 Å². The second kappa shape index (κ2) is 26.2. The average Bonchev–Trinajstić information content (AvgIpc) is 3.90. The Labute approximate surface area is 451 Å². The molecular weight excluding hydrogens is 1010 g/mol. The quantitative estimate of drug-likeness (QED) is 0.203. The molecule has 0 saturated carbocycles. The van der Waals surface area contributed by atoms with Gasteiger partial charge in [-0.15, -0.1) is 11.3 Å². The number of thiazole rings is 1. The molecule has 7 heterocycles. The molecule has 70 heavy (non-hydrogen) atoms. The van der Waals surface area contributed by atoms with Crippen molar-refractivity contribution in [3.8, 4) is 22.5 Å². The number of benzene rings is 1. The molecule has 3 saturated heterocycles. The molecule has 3 aromatic heterocycles. The van der Waals surface area contributed by atoms with Gasteiger partial charge in [0.25, 0.3) is 5.91 Å². The summed E-state index contributed by atoms with van der Waals surface area (Å²) in [5, 5.41) is 8.23. The predicted molar refractivity (Wildman–Crippen MR) is 301 cm³/mol. The van der Waals surface area contributed by atoms with E-state index >= 15 is 0 Å². The molecule has 8 rings (SSSR count). The van der Waals surface area contributed by atoms with Crippen molar-refractivity contribution in [2.45, 2.75) is 104 Å². The Morgan fingerprint density at radius 1 is 1.06 bits per heavy atom. The summed E-state index contributed by atoms with van der Waals surface area (Å²) in [6.45, 7) is 17.3. The van der Waals surface area contributed by atoms with E-state index in [4.69, 9.17) is 24.2 Å². The first-order valence-electron chi connectivity index (χ1n) is 23.1. The van der Waals surface area contributed by atoms with Crippen LogP contribution in [0.15, 0.2) is 41.9 Å². The number of morpholine rings is 1. The van der Waals surface area contributed by atoms with Gasteiger partial charge in [0.1, 0.15) is 18.1 Å². The molecule has 0 aliphatic carbocycles. The number of cyclic esters (lactones) is 1. The Morgan fingerprint density at radius 2 is 1.81 bits per heavy atom. The number of likely N-dealkylation sites (N-methyl/N-ethyl adjacent to an activating group) is 1. The number of piperazine rings is 1. The third-order valence-electron chi connectivity index (χ3n) is 13.5. The number of esters is 1. The number of aromatic nitrogens is 3. The highest BCUT2D eigenvalue weighted by Gasteiger charge is 2.40. The van der Waals surface area contributed by atoms with Gasteiger partial charge in [0.2, 0.25) is 5.91 Å². The first kappa shape index (κ1) is 61.1. The summed E-state index contributed by atoms with van der Waals surface area (Å²) in [5.41, 5.74) is 9.39. The second-order valence-electron chi connectivity index (χ2n) is 19.1. The smallest absolute Gasteiger partial charge is 0.324 e. The monoisotopic (exact) mass is 1080 g/mol. The number of hydrazine groups is 1. The number of carbonyl (C=O) groups excluding carboxylic acids is 4. The van der Waals surface area contributed by atoms with Crippen LogP contribution in [0.2, 0.25) is 0 Å². The molecule has 390 valence electrons. The summed E-state index contributed by atoms with van der Waals surface area (Å²) >= 11 is 1.43. The molecule has 0 spiro atoms. The molecule has 0 unspecified atom stereocenters. The van der Waals surface area contributed by atoms with Crippen LogP contribution in [0.4, 0.5) is 4.79 Å². The maximum Gasteiger partial charge on any atom is 0.324 e. The topological polar surface area (TPSA) is 164 Å². The second-order valence-corrected chi connectivity index (χ2v) is 20.0. The third kappa shape index (κ3) is 12.9. The Morgan fingerprint density at radius 3 is 2.53 bits per heavy atom. The van der Waals surface area contributed by atoms with Crippen molar-refractivity contribution in [1.29, 1.82) is 0 Å². The Balaban J connectivity index is 0.00000259. The molecule has 3 fully saturated rings. The van der Waals surface area contributed by atoms with Crippen LogP contribution in [0.5, 0.6) is 0 Å². The molecule has 4 aliphatic heterocycles. The zero-order valence-corrected chi connectivity index (χ0v) is 47.4. The van der Waals surface area contributed by atoms with Crippen LogP contribution in [-0.2, 0) is 48.0 Å². The summed E-state index contributed by atoms with van der Waals surface area (Å²) in [6.07, 6.45) is 3.29. The zero-order valence-electron chi connectivity index (χ0n) is 41.6. The van der Waals surface area contributed by atoms with Gasteiger partial charge in [-0.25, -0.2) is 15.2 Å². The third-order valence-corrected chi connectivity index (χ3v) is 14.4. The maximum atomic E-state index is 14.7. The highest BCUT2D eigenvalue weighted by molar-refractivity contribution is 7.60. The van der Waals surface area contributed by atoms with E-state index in [1.807, 2.05) is 32.2 Å². The first-order chi connectivity index (χ1) is 31.2. The number of nitrogens with one attached hydrogen (secondary N) is 2. The van der Waals surface area contributed by atoms with Crippen molar-refractivity contribution < 1.29 is 33.4 Å². The maximum absolute atomic E-state index is 14.7. The minimum absolute atomic E-state index is 0. The zero-order chi connectivity index (χ0) is 46.2. The fourth-order valence-corrected chi connectivity index (χ4v) is 10.9. The minimum atomic E-state index is -1.05. The Hall–Kier alpha value is -3.19. The minimum Gasteiger partial charge on any atom is -0.464 e. The largest absolute Gasteiger partial charge is 0.464 e. The molecular formula is C48H75N9O7S6. The van der Waals surface area contributed by atoms with Crippen molar-refractivity contribution in [2.24, 2.45) is 11.3 Å². The Bertz CT molecular complexity index is 2420. The number of hydrogen-bond donors (Lipinski definition) is 2. The number of aryl methyl sites for hydroxylation is 1. The van der Waals surface area contributed by atoms with Crippen molar-refractivity contribution in [1.82, 2.24) is 45.0 Å². The molecule has 2 N–H and O–H groups in total. The van der Waals surface area contributed by atoms with Gasteiger partial charge in [-0.2, -0.15) is 67.5 Å². The van der Waals surface area contributed by atoms with Crippen molar-refractivity contribution in [2.75, 3.05) is 66.7 Å². The van der Waals surface area contributed by atoms with Crippen LogP contribution in [-0.4, -0.2) is 149 Å². The molecule has 4 aliphatic rings. The number of carbonyl (C=O) groups is 4. The van der Waals surface area contributed by atoms with Crippen molar-refractivity contribution >= 4 is 114 Å². The SMILES string of the molecule is CCn1c(-c2cccnc2[C@H](C)OC)c2c3cc(ccc31)-c1csc(n1)C[C@H](NC(=O)[C@H](C(C)C)N(C)C(=O)N1CCN3CCOC[C@@H]3C1)C(=O)N1CCC[C@H](N1)C(=O)OCC(C)(C)C2.S.S.S.S.S. The molecule has 22 heteroatoms. The van der Waals surface area contributed by atoms with E-state index in [1.165, 1.54) is 21.2 Å². The van der Waals surface area contributed by atoms with Crippen LogP contribution in [0.3, 0.4) is 0 Å². The number of nitrogens with zero attached hydrogens (tertiary/aromatic N) is 7. The number of methoxy groups -OCH3 is 1. The van der Waals surface area contributed by atoms with Gasteiger partial charge in [-0.1, -0.05) is 33.8 Å². The van der Waals surface area contributed by atoms with Gasteiger partial charge in [0.15, 0.2) is 0 Å². The van der Waals surface area contributed by atoms with Gasteiger partial charge in [-0.05, 0) is 68.9 Å². The molecule has 1 aromatic carbocycles. The fourth-order valence-electron chi connectivity index (χ4n) is 10.0. The fraction of sp³-hybridized carbons (Fsp3) is 0.583. The lowest BCUT2D eigenvalue weighted by Gasteiger charge is -2.45. The van der Waals surface area contributed by atoms with E-state index in [9.17, 15) is 19.2 Å². The summed E-state index contributed by atoms with van der Waals surface area (Å²) in [4.78, 5) is 72.7. The van der Waals surface area contributed by atoms with Crippen LogP contribution in [0.25, 0.3) is 33.4 Å². The lowest BCUT2D eigenvalue weighted by molar-refractivity contribution is -0.155. The van der Waals surface area contributed by atoms with Crippen LogP contribution in [0.1, 0.15) is 76.8 Å². The van der Waals surface area contributed by atoms with E-state index in [2.05, 4.69) is 65.2 Å². The van der Waals surface area contributed by atoms with Crippen LogP contribution in [0, 0.1) is 11.3 Å². The van der Waals surface area contributed by atoms with Crippen LogP contribution < -0.4 is 10.7 Å². The molecule has 5 atom stereocenters. The van der Waals surface area contributed by atoms with Gasteiger partial charge >= 0.3 is 12.0 Å². The standard InChI is InChI=1S/C48H65N9O7S.5H2S/c1-9-56-39-15-14-31-22-34(39)35(43(56)33-12-10-16-49-41(33)30(4)62-8)24-48(5,6)28-64-46(60)36-13-11-17-57(52-36)45(59)37(23-40-50-38(31)27-65-40)51-44(58)42(29(2)3)53(7)47(61)55-19-18-54-20-21-63-26-32(54)25-55;;;;;/h10,12,14-16,22,27,29-30,32,36-37,42,52H,9,11,13,17-21,23-26,28H2,1-8H3,(H,51,58);5*1H2/t30-,32-,36-,37-,42-;;;;;/m0...../s1. The van der Waals surface area contributed by atoms with Crippen molar-refractivity contribution in [3.63, 3.8) is 0 Å². The Kier molecular flexibility index (Phi) is 22.8. The lowest BCUT2D eigenvalue weighted by atomic mass is 9.84. The van der Waals surface area contributed by atoms with Gasteiger partial charge in [0, 0.05) is 98.9 Å². The highest BCUT2D eigenvalue weighted by atomic mass is 32.1. The summed E-state index contributed by atoms with van der Waals surface area (Å²) in [7, 11) is 3.35. The van der Waals surface area contributed by atoms with E-state index in [1.54, 1.807) is 25.3 Å². The molecule has 6 bridgehead atoms. The number of urea groups is 1. The number of ether oxygens (including phenoxy) is 3. The molecule has 0 radical (unpaired) electrons. The van der Waals surface area contributed by atoms with E-state index in [-0.39, 0.29) is 105 Å². The average molecular weight is 1080 g/mol. The first-order valence-corrected chi connectivity index (χ1v) is 24.0. The molecule has 16 nitrogen and oxygen atoms in total. The van der Waals surface area contributed by atoms with E-state index in [0.717, 1.165) is 57.8 Å². The number of fused-ring (bicyclic) bond motifs is 7. The molecule has 4 amide bonds. The highest BCUT2D eigenvalue weighted by Crippen LogP contribution is 2.42. The summed E-state index contributed by atoms with van der Waals surface area (Å²) in [6, 6.07) is 7.67. The predicted octanol–water partition coefficient (Wildman–Crippen LogP) is 5.86. The van der Waals surface area contributed by atoms with Crippen molar-refractivity contribution in [3.05, 3.63) is 58.2 Å². The summed E-state index contributed by atoms with van der Waals surface area (Å²) < 4.78 is 20.0. The molecule has 4 aromatic rings. The normalized spacial score (nSPS) is 21.2. The van der Waals surface area contributed by atoms with Gasteiger partial charge < -0.3 is 33.9 Å². The number of rotatable bonds is 8. The summed E-state index contributed by atoms with van der Waals surface area (Å²) in [5.74, 6) is -1.54. The van der Waals surface area contributed by atoms with Crippen LogP contribution >= 0.6 is 78.8 Å². The lowest BCUT2D eigenvalue weighted by Crippen LogP contribution is -2.64. The number of amides is 4. The van der Waals surface area contributed by atoms with Gasteiger partial charge in [0.05, 0.1) is 54.1 Å². The number of pyridine rings is 1. The van der Waals surface area contributed by atoms with Gasteiger partial charge in [-0.3, -0.25) is 29.3 Å². The van der Waals surface area contributed by atoms with E-state index < -0.39 is 41.3 Å². The number of hydrogen-bond acceptors (Lipinski definition) is 12.